The molecule has 3 rings (SSSR count). The van der Waals surface area contributed by atoms with Gasteiger partial charge in [-0.25, -0.2) is 0 Å². The van der Waals surface area contributed by atoms with Gasteiger partial charge >= 0.3 is 0 Å². The molecule has 0 unspecified atom stereocenters. The van der Waals surface area contributed by atoms with E-state index >= 15 is 0 Å². The Morgan fingerprint density at radius 1 is 1.23 bits per heavy atom. The number of rotatable bonds is 4. The molecule has 0 N–H and O–H groups in total. The van der Waals surface area contributed by atoms with Crippen LogP contribution in [0.15, 0.2) is 18.2 Å². The number of hydrogen-bond donors (Lipinski definition) is 0. The van der Waals surface area contributed by atoms with Gasteiger partial charge in [-0.2, -0.15) is 4.68 Å². The van der Waals surface area contributed by atoms with E-state index in [-0.39, 0.29) is 5.54 Å². The van der Waals surface area contributed by atoms with Crippen LogP contribution in [0.2, 0.25) is 0 Å². The van der Waals surface area contributed by atoms with Crippen molar-refractivity contribution in [3.8, 4) is 5.69 Å². The van der Waals surface area contributed by atoms with Crippen LogP contribution >= 0.6 is 0 Å². The summed E-state index contributed by atoms with van der Waals surface area (Å²) in [5, 5.41) is 12.8. The molecular weight excluding hydrogens is 274 g/mol. The van der Waals surface area contributed by atoms with E-state index < -0.39 is 0 Å². The molecule has 0 atom stereocenters. The van der Waals surface area contributed by atoms with Crippen LogP contribution < -0.4 is 0 Å². The molecule has 5 heteroatoms. The van der Waals surface area contributed by atoms with Crippen molar-refractivity contribution >= 4 is 0 Å². The molecule has 1 aliphatic rings. The zero-order valence-corrected chi connectivity index (χ0v) is 14.0. The van der Waals surface area contributed by atoms with Crippen molar-refractivity contribution in [3.05, 3.63) is 35.2 Å². The molecule has 0 saturated heterocycles. The Balaban J connectivity index is 2.18. The summed E-state index contributed by atoms with van der Waals surface area (Å²) in [6, 6.07) is 6.42. The largest absolute Gasteiger partial charge is 0.297 e. The maximum Gasteiger partial charge on any atom is 0.176 e. The third-order valence-electron chi connectivity index (χ3n) is 5.09. The highest BCUT2D eigenvalue weighted by Gasteiger charge is 2.42. The summed E-state index contributed by atoms with van der Waals surface area (Å²) in [6.07, 6.45) is 5.69. The number of hydrogen-bond acceptors (Lipinski definition) is 4. The molecule has 0 spiro atoms. The Morgan fingerprint density at radius 3 is 2.59 bits per heavy atom. The molecule has 5 nitrogen and oxygen atoms in total. The van der Waals surface area contributed by atoms with Crippen molar-refractivity contribution in [3.63, 3.8) is 0 Å². The zero-order valence-electron chi connectivity index (χ0n) is 14.0. The van der Waals surface area contributed by atoms with Crippen LogP contribution in [-0.2, 0) is 12.0 Å². The minimum atomic E-state index is -0.0448. The van der Waals surface area contributed by atoms with Gasteiger partial charge in [0.2, 0.25) is 0 Å². The summed E-state index contributed by atoms with van der Waals surface area (Å²) in [4.78, 5) is 2.30. The fourth-order valence-electron chi connectivity index (χ4n) is 3.77. The smallest absolute Gasteiger partial charge is 0.176 e. The summed E-state index contributed by atoms with van der Waals surface area (Å²) in [5.74, 6) is 0.985. The molecule has 1 fully saturated rings. The average molecular weight is 299 g/mol. The second-order valence-electron chi connectivity index (χ2n) is 6.48. The molecule has 1 aromatic carbocycles. The van der Waals surface area contributed by atoms with Crippen LogP contribution in [-0.4, -0.2) is 39.2 Å². The third kappa shape index (κ3) is 2.24. The number of para-hydroxylation sites is 1. The van der Waals surface area contributed by atoms with Gasteiger partial charge in [-0.15, -0.1) is 5.10 Å². The first-order chi connectivity index (χ1) is 10.6. The van der Waals surface area contributed by atoms with Crippen LogP contribution in [0.1, 0.15) is 49.6 Å². The lowest BCUT2D eigenvalue weighted by Crippen LogP contribution is -2.41. The van der Waals surface area contributed by atoms with Gasteiger partial charge in [0.1, 0.15) is 0 Å². The van der Waals surface area contributed by atoms with Crippen molar-refractivity contribution < 1.29 is 0 Å². The minimum absolute atomic E-state index is 0.0448. The van der Waals surface area contributed by atoms with Gasteiger partial charge in [0.25, 0.3) is 0 Å². The van der Waals surface area contributed by atoms with Gasteiger partial charge in [-0.1, -0.05) is 38.0 Å². The minimum Gasteiger partial charge on any atom is -0.297 e. The predicted molar refractivity (Wildman–Crippen MR) is 87.1 cm³/mol. The van der Waals surface area contributed by atoms with E-state index in [9.17, 15) is 0 Å². The second-order valence-corrected chi connectivity index (χ2v) is 6.48. The lowest BCUT2D eigenvalue weighted by molar-refractivity contribution is 0.143. The third-order valence-corrected chi connectivity index (χ3v) is 5.09. The Hall–Kier alpha value is -1.75. The molecule has 0 bridgehead atoms. The van der Waals surface area contributed by atoms with E-state index in [2.05, 4.69) is 66.6 Å². The average Bonchev–Trinajstić information content (AvgIpc) is 3.16. The van der Waals surface area contributed by atoms with Gasteiger partial charge in [0, 0.05) is 0 Å². The molecule has 1 aliphatic carbocycles. The maximum atomic E-state index is 4.44. The molecule has 1 heterocycles. The van der Waals surface area contributed by atoms with Crippen molar-refractivity contribution in [2.45, 2.75) is 51.5 Å². The van der Waals surface area contributed by atoms with Crippen LogP contribution in [0.5, 0.6) is 0 Å². The zero-order chi connectivity index (χ0) is 15.7. The lowest BCUT2D eigenvalue weighted by Gasteiger charge is -2.35. The Labute approximate surface area is 132 Å². The van der Waals surface area contributed by atoms with E-state index in [1.807, 2.05) is 4.68 Å². The number of tetrazole rings is 1. The SMILES string of the molecule is CCc1cccc(C)c1-n1nnnc1C1(N(C)C)CCCC1. The highest BCUT2D eigenvalue weighted by Crippen LogP contribution is 2.42. The van der Waals surface area contributed by atoms with Crippen LogP contribution in [0.3, 0.4) is 0 Å². The molecule has 1 aromatic heterocycles. The van der Waals surface area contributed by atoms with Crippen LogP contribution in [0.25, 0.3) is 5.69 Å². The van der Waals surface area contributed by atoms with Gasteiger partial charge in [-0.3, -0.25) is 4.90 Å². The van der Waals surface area contributed by atoms with Crippen LogP contribution in [0, 0.1) is 6.92 Å². The van der Waals surface area contributed by atoms with Crippen molar-refractivity contribution in [2.24, 2.45) is 0 Å². The first-order valence-electron chi connectivity index (χ1n) is 8.15. The van der Waals surface area contributed by atoms with Crippen molar-refractivity contribution in [1.82, 2.24) is 25.1 Å². The standard InChI is InChI=1S/C17H25N5/c1-5-14-10-8-9-13(2)15(14)22-16(18-19-20-22)17(21(3)4)11-6-7-12-17/h8-10H,5-7,11-12H2,1-4H3. The predicted octanol–water partition coefficient (Wildman–Crippen LogP) is 2.86. The Bertz CT molecular complexity index is 653. The molecule has 2 aromatic rings. The van der Waals surface area contributed by atoms with E-state index in [0.717, 1.165) is 30.8 Å². The number of aryl methyl sites for hydroxylation is 2. The Morgan fingerprint density at radius 2 is 1.95 bits per heavy atom. The van der Waals surface area contributed by atoms with Crippen molar-refractivity contribution in [2.75, 3.05) is 14.1 Å². The highest BCUT2D eigenvalue weighted by molar-refractivity contribution is 5.47. The molecule has 0 aliphatic heterocycles. The van der Waals surface area contributed by atoms with E-state index in [1.54, 1.807) is 0 Å². The monoisotopic (exact) mass is 299 g/mol. The summed E-state index contributed by atoms with van der Waals surface area (Å²) in [5.41, 5.74) is 3.62. The number of nitrogens with zero attached hydrogens (tertiary/aromatic N) is 5. The van der Waals surface area contributed by atoms with Gasteiger partial charge < -0.3 is 0 Å². The molecule has 0 radical (unpaired) electrons. The van der Waals surface area contributed by atoms with Gasteiger partial charge in [0.15, 0.2) is 5.82 Å². The van der Waals surface area contributed by atoms with Crippen LogP contribution in [0.4, 0.5) is 0 Å². The van der Waals surface area contributed by atoms with Crippen molar-refractivity contribution in [1.29, 1.82) is 0 Å². The first kappa shape index (κ1) is 15.2. The quantitative estimate of drug-likeness (QED) is 0.871. The first-order valence-corrected chi connectivity index (χ1v) is 8.15. The fraction of sp³-hybridized carbons (Fsp3) is 0.588. The molecular formula is C17H25N5. The Kier molecular flexibility index (Phi) is 4.00. The topological polar surface area (TPSA) is 46.8 Å². The van der Waals surface area contributed by atoms with E-state index in [0.29, 0.717) is 0 Å². The number of aromatic nitrogens is 4. The van der Waals surface area contributed by atoms with E-state index in [1.165, 1.54) is 24.0 Å². The maximum absolute atomic E-state index is 4.44. The van der Waals surface area contributed by atoms with E-state index in [4.69, 9.17) is 0 Å². The molecule has 22 heavy (non-hydrogen) atoms. The molecule has 118 valence electrons. The highest BCUT2D eigenvalue weighted by atomic mass is 15.6. The van der Waals surface area contributed by atoms with Gasteiger partial charge in [-0.05, 0) is 61.8 Å². The lowest BCUT2D eigenvalue weighted by atomic mass is 9.94. The normalized spacial score (nSPS) is 17.3. The second kappa shape index (κ2) is 5.80. The summed E-state index contributed by atoms with van der Waals surface area (Å²) in [7, 11) is 4.28. The fourth-order valence-corrected chi connectivity index (χ4v) is 3.77. The summed E-state index contributed by atoms with van der Waals surface area (Å²) in [6.45, 7) is 4.32. The summed E-state index contributed by atoms with van der Waals surface area (Å²) < 4.78 is 1.99. The summed E-state index contributed by atoms with van der Waals surface area (Å²) >= 11 is 0. The van der Waals surface area contributed by atoms with Gasteiger partial charge in [0.05, 0.1) is 11.2 Å². The molecule has 1 saturated carbocycles. The number of benzene rings is 1. The molecule has 0 amide bonds.